The molecule has 0 bridgehead atoms. The van der Waals surface area contributed by atoms with E-state index in [9.17, 15) is 0 Å². The second kappa shape index (κ2) is 5.75. The number of hydrogen-bond acceptors (Lipinski definition) is 2. The summed E-state index contributed by atoms with van der Waals surface area (Å²) in [5.41, 5.74) is 0. The molecule has 66 valence electrons. The molecule has 1 aliphatic heterocycles. The van der Waals surface area contributed by atoms with Crippen molar-refractivity contribution in [2.24, 2.45) is 0 Å². The van der Waals surface area contributed by atoms with Crippen molar-refractivity contribution >= 4 is 29.6 Å². The van der Waals surface area contributed by atoms with Gasteiger partial charge in [-0.2, -0.15) is 0 Å². The molecular formula is C7H15ClN2S. The van der Waals surface area contributed by atoms with Crippen molar-refractivity contribution in [3.05, 3.63) is 0 Å². The molecule has 0 aromatic rings. The number of thiocarbonyl (C=S) groups is 1. The highest BCUT2D eigenvalue weighted by Crippen LogP contribution is 1.97. The maximum Gasteiger partial charge on any atom is 0.0777 e. The monoisotopic (exact) mass is 194 g/mol. The first kappa shape index (κ1) is 11.1. The zero-order valence-corrected chi connectivity index (χ0v) is 8.43. The van der Waals surface area contributed by atoms with Gasteiger partial charge in [0.15, 0.2) is 0 Å². The maximum atomic E-state index is 5.17. The Morgan fingerprint density at radius 2 is 2.00 bits per heavy atom. The number of rotatable bonds is 1. The van der Waals surface area contributed by atoms with Crippen LogP contribution in [0.3, 0.4) is 0 Å². The van der Waals surface area contributed by atoms with Crippen LogP contribution in [0.1, 0.15) is 13.3 Å². The van der Waals surface area contributed by atoms with Crippen LogP contribution in [0, 0.1) is 0 Å². The zero-order valence-electron chi connectivity index (χ0n) is 6.80. The molecule has 0 aromatic carbocycles. The van der Waals surface area contributed by atoms with Gasteiger partial charge < -0.3 is 10.2 Å². The normalized spacial score (nSPS) is 17.4. The van der Waals surface area contributed by atoms with Crippen molar-refractivity contribution in [2.45, 2.75) is 13.3 Å². The van der Waals surface area contributed by atoms with Crippen LogP contribution in [0.2, 0.25) is 0 Å². The van der Waals surface area contributed by atoms with Crippen LogP contribution in [-0.2, 0) is 0 Å². The molecule has 0 amide bonds. The molecule has 11 heavy (non-hydrogen) atoms. The lowest BCUT2D eigenvalue weighted by Crippen LogP contribution is -2.45. The molecule has 0 aromatic heterocycles. The third kappa shape index (κ3) is 3.36. The fourth-order valence-corrected chi connectivity index (χ4v) is 1.32. The summed E-state index contributed by atoms with van der Waals surface area (Å²) >= 11 is 5.17. The number of nitrogens with zero attached hydrogens (tertiary/aromatic N) is 1. The Bertz CT molecular complexity index is 124. The molecule has 2 nitrogen and oxygen atoms in total. The minimum Gasteiger partial charge on any atom is -0.364 e. The topological polar surface area (TPSA) is 15.3 Å². The molecule has 0 radical (unpaired) electrons. The fraction of sp³-hybridized carbons (Fsp3) is 0.857. The van der Waals surface area contributed by atoms with Crippen molar-refractivity contribution < 1.29 is 0 Å². The van der Waals surface area contributed by atoms with Crippen LogP contribution in [0.5, 0.6) is 0 Å². The van der Waals surface area contributed by atoms with Gasteiger partial charge in [-0.1, -0.05) is 19.1 Å². The Morgan fingerprint density at radius 3 is 2.45 bits per heavy atom. The summed E-state index contributed by atoms with van der Waals surface area (Å²) in [5, 5.41) is 3.29. The first-order valence-corrected chi connectivity index (χ1v) is 4.24. The number of halogens is 1. The molecule has 0 unspecified atom stereocenters. The molecule has 1 heterocycles. The van der Waals surface area contributed by atoms with Crippen molar-refractivity contribution in [3.8, 4) is 0 Å². The second-order valence-corrected chi connectivity index (χ2v) is 2.96. The first-order valence-electron chi connectivity index (χ1n) is 3.83. The van der Waals surface area contributed by atoms with E-state index in [1.807, 2.05) is 0 Å². The van der Waals surface area contributed by atoms with Crippen LogP contribution in [-0.4, -0.2) is 36.1 Å². The summed E-state index contributed by atoms with van der Waals surface area (Å²) in [5.74, 6) is 0. The van der Waals surface area contributed by atoms with Crippen LogP contribution in [0.25, 0.3) is 0 Å². The molecule has 0 aliphatic carbocycles. The molecule has 1 saturated heterocycles. The average molecular weight is 195 g/mol. The zero-order chi connectivity index (χ0) is 7.40. The lowest BCUT2D eigenvalue weighted by molar-refractivity contribution is 0.358. The molecule has 1 fully saturated rings. The summed E-state index contributed by atoms with van der Waals surface area (Å²) in [4.78, 5) is 3.40. The van der Waals surface area contributed by atoms with E-state index in [0.29, 0.717) is 0 Å². The standard InChI is InChI=1S/C7H14N2S.ClH/c1-2-7(10)9-5-3-8-4-6-9;/h8H,2-6H2,1H3;1H. The van der Waals surface area contributed by atoms with Gasteiger partial charge in [0.1, 0.15) is 0 Å². The summed E-state index contributed by atoms with van der Waals surface area (Å²) < 4.78 is 0. The van der Waals surface area contributed by atoms with Gasteiger partial charge in [-0.25, -0.2) is 0 Å². The lowest BCUT2D eigenvalue weighted by Gasteiger charge is -2.29. The summed E-state index contributed by atoms with van der Waals surface area (Å²) in [6.07, 6.45) is 1.01. The average Bonchev–Trinajstić information content (AvgIpc) is 2.05. The number of nitrogens with one attached hydrogen (secondary N) is 1. The van der Waals surface area contributed by atoms with Crippen molar-refractivity contribution in [3.63, 3.8) is 0 Å². The molecule has 1 aliphatic rings. The maximum absolute atomic E-state index is 5.17. The van der Waals surface area contributed by atoms with Crippen LogP contribution in [0.15, 0.2) is 0 Å². The van der Waals surface area contributed by atoms with Crippen molar-refractivity contribution in [2.75, 3.05) is 26.2 Å². The van der Waals surface area contributed by atoms with Gasteiger partial charge in [-0.05, 0) is 6.42 Å². The Labute approximate surface area is 79.7 Å². The van der Waals surface area contributed by atoms with E-state index in [2.05, 4.69) is 17.1 Å². The summed E-state index contributed by atoms with van der Waals surface area (Å²) in [6.45, 7) is 6.46. The van der Waals surface area contributed by atoms with Crippen LogP contribution in [0.4, 0.5) is 0 Å². The molecule has 0 saturated carbocycles. The van der Waals surface area contributed by atoms with Gasteiger partial charge in [0, 0.05) is 26.2 Å². The van der Waals surface area contributed by atoms with E-state index in [0.717, 1.165) is 37.6 Å². The molecule has 1 rings (SSSR count). The van der Waals surface area contributed by atoms with Gasteiger partial charge in [0.05, 0.1) is 4.99 Å². The second-order valence-electron chi connectivity index (χ2n) is 2.48. The predicted octanol–water partition coefficient (Wildman–Crippen LogP) is 1.05. The minimum absolute atomic E-state index is 0. The molecule has 0 spiro atoms. The first-order chi connectivity index (χ1) is 4.84. The van der Waals surface area contributed by atoms with Crippen molar-refractivity contribution in [1.29, 1.82) is 0 Å². The van der Waals surface area contributed by atoms with Gasteiger partial charge in [-0.3, -0.25) is 0 Å². The van der Waals surface area contributed by atoms with Crippen LogP contribution >= 0.6 is 24.6 Å². The van der Waals surface area contributed by atoms with Crippen LogP contribution < -0.4 is 5.32 Å². The van der Waals surface area contributed by atoms with Gasteiger partial charge in [-0.15, -0.1) is 12.4 Å². The molecule has 0 atom stereocenters. The Balaban J connectivity index is 0.000001000. The van der Waals surface area contributed by atoms with Gasteiger partial charge >= 0.3 is 0 Å². The molecular weight excluding hydrogens is 180 g/mol. The highest BCUT2D eigenvalue weighted by atomic mass is 35.5. The van der Waals surface area contributed by atoms with E-state index < -0.39 is 0 Å². The lowest BCUT2D eigenvalue weighted by atomic mass is 10.3. The molecule has 4 heteroatoms. The van der Waals surface area contributed by atoms with E-state index in [1.54, 1.807) is 0 Å². The Morgan fingerprint density at radius 1 is 1.45 bits per heavy atom. The summed E-state index contributed by atoms with van der Waals surface area (Å²) in [6, 6.07) is 0. The highest BCUT2D eigenvalue weighted by Gasteiger charge is 2.09. The fourth-order valence-electron chi connectivity index (χ4n) is 1.14. The summed E-state index contributed by atoms with van der Waals surface area (Å²) in [7, 11) is 0. The largest absolute Gasteiger partial charge is 0.364 e. The third-order valence-corrected chi connectivity index (χ3v) is 2.32. The van der Waals surface area contributed by atoms with Crippen molar-refractivity contribution in [1.82, 2.24) is 10.2 Å². The number of hydrogen-bond donors (Lipinski definition) is 1. The van der Waals surface area contributed by atoms with Gasteiger partial charge in [0.2, 0.25) is 0 Å². The Kier molecular flexibility index (Phi) is 5.82. The smallest absolute Gasteiger partial charge is 0.0777 e. The van der Waals surface area contributed by atoms with Gasteiger partial charge in [0.25, 0.3) is 0 Å². The van der Waals surface area contributed by atoms with E-state index in [4.69, 9.17) is 12.2 Å². The quantitative estimate of drug-likeness (QED) is 0.629. The number of piperazine rings is 1. The van der Waals surface area contributed by atoms with E-state index in [-0.39, 0.29) is 12.4 Å². The minimum atomic E-state index is 0. The van der Waals surface area contributed by atoms with E-state index >= 15 is 0 Å². The Hall–Kier alpha value is 0.140. The highest BCUT2D eigenvalue weighted by molar-refractivity contribution is 7.80. The third-order valence-electron chi connectivity index (χ3n) is 1.77. The molecule has 1 N–H and O–H groups in total. The SMILES string of the molecule is CCC(=S)N1CCNCC1.Cl. The predicted molar refractivity (Wildman–Crippen MR) is 54.6 cm³/mol. The van der Waals surface area contributed by atoms with E-state index in [1.165, 1.54) is 0 Å².